The summed E-state index contributed by atoms with van der Waals surface area (Å²) in [6, 6.07) is 16.3. The fourth-order valence-corrected chi connectivity index (χ4v) is 3.83. The van der Waals surface area contributed by atoms with E-state index in [4.69, 9.17) is 0 Å². The van der Waals surface area contributed by atoms with Crippen molar-refractivity contribution in [1.82, 2.24) is 25.2 Å². The maximum absolute atomic E-state index is 14.1. The monoisotopic (exact) mass is 444 g/mol. The lowest BCUT2D eigenvalue weighted by Crippen LogP contribution is -2.22. The molecule has 0 atom stereocenters. The van der Waals surface area contributed by atoms with Crippen LogP contribution in [-0.4, -0.2) is 31.4 Å². The predicted octanol–water partition coefficient (Wildman–Crippen LogP) is 5.11. The van der Waals surface area contributed by atoms with Crippen LogP contribution < -0.4 is 0 Å². The molecule has 8 heteroatoms. The SMILES string of the molecule is CCCc1ccc(-c2ccc(CN3Cc4nc(-c5cccc(F)c5F)[nH]c4C=N3)nn2)cc1. The van der Waals surface area contributed by atoms with Gasteiger partial charge in [-0.3, -0.25) is 5.01 Å². The van der Waals surface area contributed by atoms with Crippen molar-refractivity contribution in [3.8, 4) is 22.6 Å². The summed E-state index contributed by atoms with van der Waals surface area (Å²) in [5, 5.41) is 14.9. The van der Waals surface area contributed by atoms with Crippen molar-refractivity contribution in [2.24, 2.45) is 5.10 Å². The molecule has 0 aliphatic carbocycles. The molecule has 2 aromatic carbocycles. The van der Waals surface area contributed by atoms with E-state index in [0.717, 1.165) is 35.9 Å². The summed E-state index contributed by atoms with van der Waals surface area (Å²) < 4.78 is 27.7. The van der Waals surface area contributed by atoms with Gasteiger partial charge in [-0.05, 0) is 36.2 Å². The van der Waals surface area contributed by atoms with Gasteiger partial charge < -0.3 is 4.98 Å². The Morgan fingerprint density at radius 2 is 1.85 bits per heavy atom. The maximum Gasteiger partial charge on any atom is 0.169 e. The summed E-state index contributed by atoms with van der Waals surface area (Å²) in [6.45, 7) is 3.04. The zero-order valence-corrected chi connectivity index (χ0v) is 18.1. The molecular formula is C25H22F2N6. The van der Waals surface area contributed by atoms with Gasteiger partial charge in [0.05, 0.1) is 47.6 Å². The van der Waals surface area contributed by atoms with E-state index in [-0.39, 0.29) is 11.4 Å². The lowest BCUT2D eigenvalue weighted by Gasteiger charge is -2.20. The Morgan fingerprint density at radius 3 is 2.61 bits per heavy atom. The quantitative estimate of drug-likeness (QED) is 0.448. The van der Waals surface area contributed by atoms with Crippen LogP contribution in [0, 0.1) is 11.6 Å². The number of aryl methyl sites for hydroxylation is 1. The van der Waals surface area contributed by atoms with Gasteiger partial charge in [-0.1, -0.05) is 43.7 Å². The fourth-order valence-electron chi connectivity index (χ4n) is 3.83. The van der Waals surface area contributed by atoms with Gasteiger partial charge in [0, 0.05) is 5.56 Å². The molecule has 0 saturated heterocycles. The van der Waals surface area contributed by atoms with Gasteiger partial charge in [0.2, 0.25) is 0 Å². The molecule has 1 aliphatic heterocycles. The first kappa shape index (κ1) is 20.9. The second-order valence-corrected chi connectivity index (χ2v) is 7.97. The van der Waals surface area contributed by atoms with Crippen molar-refractivity contribution >= 4 is 6.21 Å². The first-order chi connectivity index (χ1) is 16.1. The first-order valence-electron chi connectivity index (χ1n) is 10.8. The molecule has 33 heavy (non-hydrogen) atoms. The van der Waals surface area contributed by atoms with E-state index in [1.807, 2.05) is 12.1 Å². The number of imidazole rings is 1. The van der Waals surface area contributed by atoms with Gasteiger partial charge in [-0.2, -0.15) is 15.3 Å². The highest BCUT2D eigenvalue weighted by Crippen LogP contribution is 2.25. The molecule has 3 heterocycles. The number of nitrogens with zero attached hydrogens (tertiary/aromatic N) is 5. The van der Waals surface area contributed by atoms with Crippen LogP contribution in [-0.2, 0) is 19.5 Å². The Hall–Kier alpha value is -3.94. The van der Waals surface area contributed by atoms with Crippen LogP contribution in [0.25, 0.3) is 22.6 Å². The third-order valence-corrected chi connectivity index (χ3v) is 5.55. The molecule has 0 radical (unpaired) electrons. The zero-order chi connectivity index (χ0) is 22.8. The second kappa shape index (κ2) is 8.90. The second-order valence-electron chi connectivity index (χ2n) is 7.97. The molecule has 0 unspecified atom stereocenters. The van der Waals surface area contributed by atoms with Gasteiger partial charge in [0.1, 0.15) is 5.82 Å². The number of H-pyrrole nitrogens is 1. The summed E-state index contributed by atoms with van der Waals surface area (Å²) in [7, 11) is 0. The highest BCUT2D eigenvalue weighted by molar-refractivity contribution is 5.80. The fraction of sp³-hybridized carbons (Fsp3) is 0.200. The van der Waals surface area contributed by atoms with Gasteiger partial charge in [0.25, 0.3) is 0 Å². The molecule has 0 amide bonds. The van der Waals surface area contributed by atoms with Crippen LogP contribution in [0.15, 0.2) is 59.7 Å². The standard InChI is InChI=1S/C25H22F2N6/c1-2-4-16-7-9-17(10-8-16)21-12-11-18(31-32-21)14-33-15-23-22(13-28-33)29-25(30-23)19-5-3-6-20(26)24(19)27/h3,5-13H,2,4,14-15H2,1H3,(H,29,30). The molecule has 2 aromatic heterocycles. The van der Waals surface area contributed by atoms with Crippen molar-refractivity contribution in [1.29, 1.82) is 0 Å². The van der Waals surface area contributed by atoms with Crippen LogP contribution in [0.5, 0.6) is 0 Å². The largest absolute Gasteiger partial charge is 0.337 e. The van der Waals surface area contributed by atoms with Crippen molar-refractivity contribution in [3.63, 3.8) is 0 Å². The number of aromatic amines is 1. The molecule has 0 saturated carbocycles. The predicted molar refractivity (Wildman–Crippen MR) is 122 cm³/mol. The van der Waals surface area contributed by atoms with Crippen LogP contribution in [0.2, 0.25) is 0 Å². The van der Waals surface area contributed by atoms with E-state index >= 15 is 0 Å². The molecule has 166 valence electrons. The van der Waals surface area contributed by atoms with Crippen molar-refractivity contribution < 1.29 is 8.78 Å². The Labute approximate surface area is 190 Å². The van der Waals surface area contributed by atoms with E-state index in [9.17, 15) is 8.78 Å². The van der Waals surface area contributed by atoms with Gasteiger partial charge in [-0.15, -0.1) is 0 Å². The first-order valence-corrected chi connectivity index (χ1v) is 10.8. The van der Waals surface area contributed by atoms with E-state index in [0.29, 0.717) is 24.5 Å². The van der Waals surface area contributed by atoms with Crippen LogP contribution in [0.4, 0.5) is 8.78 Å². The molecule has 1 aliphatic rings. The molecule has 0 bridgehead atoms. The van der Waals surface area contributed by atoms with Gasteiger partial charge in [0.15, 0.2) is 11.6 Å². The zero-order valence-electron chi connectivity index (χ0n) is 18.1. The third-order valence-electron chi connectivity index (χ3n) is 5.55. The number of hydrogen-bond donors (Lipinski definition) is 1. The number of hydrazone groups is 1. The van der Waals surface area contributed by atoms with Crippen molar-refractivity contribution in [2.75, 3.05) is 0 Å². The number of benzene rings is 2. The van der Waals surface area contributed by atoms with E-state index in [1.165, 1.54) is 17.7 Å². The third kappa shape index (κ3) is 4.37. The maximum atomic E-state index is 14.1. The van der Waals surface area contributed by atoms with E-state index in [1.54, 1.807) is 11.2 Å². The number of halogens is 2. The van der Waals surface area contributed by atoms with E-state index in [2.05, 4.69) is 56.5 Å². The Bertz CT molecular complexity index is 1300. The summed E-state index contributed by atoms with van der Waals surface area (Å²) in [5.74, 6) is -1.55. The van der Waals surface area contributed by atoms with Gasteiger partial charge in [-0.25, -0.2) is 13.8 Å². The minimum Gasteiger partial charge on any atom is -0.337 e. The van der Waals surface area contributed by atoms with Gasteiger partial charge >= 0.3 is 0 Å². The summed E-state index contributed by atoms with van der Waals surface area (Å²) >= 11 is 0. The Balaban J connectivity index is 1.27. The number of aromatic nitrogens is 4. The Kier molecular flexibility index (Phi) is 5.64. The molecule has 4 aromatic rings. The van der Waals surface area contributed by atoms with E-state index < -0.39 is 11.6 Å². The average molecular weight is 444 g/mol. The average Bonchev–Trinajstić information content (AvgIpc) is 3.25. The minimum absolute atomic E-state index is 0.0912. The van der Waals surface area contributed by atoms with Crippen LogP contribution >= 0.6 is 0 Å². The lowest BCUT2D eigenvalue weighted by molar-refractivity contribution is 0.261. The molecule has 0 spiro atoms. The molecule has 1 N–H and O–H groups in total. The highest BCUT2D eigenvalue weighted by atomic mass is 19.2. The number of fused-ring (bicyclic) bond motifs is 1. The normalized spacial score (nSPS) is 12.8. The molecular weight excluding hydrogens is 422 g/mol. The van der Waals surface area contributed by atoms with Crippen LogP contribution in [0.1, 0.15) is 36.0 Å². The molecule has 5 rings (SSSR count). The molecule has 0 fully saturated rings. The smallest absolute Gasteiger partial charge is 0.169 e. The number of nitrogens with one attached hydrogen (secondary N) is 1. The summed E-state index contributed by atoms with van der Waals surface area (Å²) in [4.78, 5) is 7.48. The van der Waals surface area contributed by atoms with Crippen molar-refractivity contribution in [2.45, 2.75) is 32.9 Å². The van der Waals surface area contributed by atoms with Crippen LogP contribution in [0.3, 0.4) is 0 Å². The topological polar surface area (TPSA) is 70.1 Å². The summed E-state index contributed by atoms with van der Waals surface area (Å²) in [6.07, 6.45) is 3.82. The Morgan fingerprint density at radius 1 is 1.00 bits per heavy atom. The highest BCUT2D eigenvalue weighted by Gasteiger charge is 2.20. The number of hydrogen-bond acceptors (Lipinski definition) is 5. The number of rotatable bonds is 6. The lowest BCUT2D eigenvalue weighted by atomic mass is 10.1. The summed E-state index contributed by atoms with van der Waals surface area (Å²) in [5.41, 5.74) is 5.42. The molecule has 6 nitrogen and oxygen atoms in total. The van der Waals surface area contributed by atoms with Crippen molar-refractivity contribution in [3.05, 3.63) is 88.9 Å². The minimum atomic E-state index is -0.923.